The molecule has 0 fully saturated rings. The van der Waals surface area contributed by atoms with Crippen LogP contribution in [0.3, 0.4) is 0 Å². The van der Waals surface area contributed by atoms with E-state index in [1.807, 2.05) is 0 Å². The lowest BCUT2D eigenvalue weighted by molar-refractivity contribution is 0.00609. The fourth-order valence-corrected chi connectivity index (χ4v) is 1.57. The maximum atomic E-state index is 11.7. The molecule has 5 nitrogen and oxygen atoms in total. The molecule has 0 radical (unpaired) electrons. The lowest BCUT2D eigenvalue weighted by Gasteiger charge is -2.19. The van der Waals surface area contributed by atoms with Gasteiger partial charge in [0.05, 0.1) is 0 Å². The summed E-state index contributed by atoms with van der Waals surface area (Å²) in [7, 11) is 0. The Labute approximate surface area is 110 Å². The molecule has 0 aliphatic heterocycles. The zero-order chi connectivity index (χ0) is 12.5. The van der Waals surface area contributed by atoms with Crippen molar-refractivity contribution in [2.24, 2.45) is 0 Å². The summed E-state index contributed by atoms with van der Waals surface area (Å²) < 4.78 is 5.75. The number of aromatic nitrogens is 2. The molecule has 0 saturated heterocycles. The lowest BCUT2D eigenvalue weighted by Crippen LogP contribution is -2.25. The molecule has 0 amide bonds. The number of anilines is 1. The van der Waals surface area contributed by atoms with Crippen molar-refractivity contribution < 1.29 is 9.53 Å². The first-order valence-electron chi connectivity index (χ1n) is 4.42. The number of ether oxygens (including phenoxy) is 1. The average molecular weight is 353 g/mol. The Morgan fingerprint density at radius 1 is 1.25 bits per heavy atom. The standard InChI is InChI=1S/C9H11Br2N3O2/c1-9(2,3)16-8(15)4-5(10)14-7(12)6(11)13-4/h1-3H3,(H2,12,14). The molecule has 0 atom stereocenters. The Hall–Kier alpha value is -0.690. The highest BCUT2D eigenvalue weighted by Crippen LogP contribution is 2.22. The van der Waals surface area contributed by atoms with Gasteiger partial charge < -0.3 is 10.5 Å². The normalized spacial score (nSPS) is 11.3. The summed E-state index contributed by atoms with van der Waals surface area (Å²) in [5, 5.41) is 0. The van der Waals surface area contributed by atoms with Gasteiger partial charge in [0.1, 0.15) is 14.8 Å². The number of halogens is 2. The van der Waals surface area contributed by atoms with E-state index in [2.05, 4.69) is 41.8 Å². The second kappa shape index (κ2) is 4.67. The summed E-state index contributed by atoms with van der Waals surface area (Å²) in [5.74, 6) is -0.341. The van der Waals surface area contributed by atoms with Crippen molar-refractivity contribution in [1.82, 2.24) is 9.97 Å². The van der Waals surface area contributed by atoms with Crippen molar-refractivity contribution in [3.63, 3.8) is 0 Å². The van der Waals surface area contributed by atoms with Gasteiger partial charge in [-0.1, -0.05) is 0 Å². The third-order valence-electron chi connectivity index (χ3n) is 1.43. The summed E-state index contributed by atoms with van der Waals surface area (Å²) in [5.41, 5.74) is 5.03. The van der Waals surface area contributed by atoms with Crippen LogP contribution < -0.4 is 5.73 Å². The number of nitrogens with zero attached hydrogens (tertiary/aromatic N) is 2. The number of carbonyl (C=O) groups is 1. The van der Waals surface area contributed by atoms with Crippen LogP contribution in [0, 0.1) is 0 Å². The predicted molar refractivity (Wildman–Crippen MR) is 67.0 cm³/mol. The van der Waals surface area contributed by atoms with Gasteiger partial charge in [-0.05, 0) is 52.6 Å². The van der Waals surface area contributed by atoms with Gasteiger partial charge in [-0.3, -0.25) is 0 Å². The van der Waals surface area contributed by atoms with E-state index < -0.39 is 11.6 Å². The summed E-state index contributed by atoms with van der Waals surface area (Å²) in [6.45, 7) is 5.33. The third-order valence-corrected chi connectivity index (χ3v) is 2.56. The molecular weight excluding hydrogens is 342 g/mol. The third kappa shape index (κ3) is 3.41. The molecule has 1 heterocycles. The minimum atomic E-state index is -0.577. The minimum absolute atomic E-state index is 0.0935. The Bertz CT molecular complexity index is 429. The van der Waals surface area contributed by atoms with Crippen LogP contribution >= 0.6 is 31.9 Å². The van der Waals surface area contributed by atoms with Crippen molar-refractivity contribution >= 4 is 43.6 Å². The van der Waals surface area contributed by atoms with Crippen molar-refractivity contribution in [2.75, 3.05) is 5.73 Å². The molecule has 2 N–H and O–H groups in total. The SMILES string of the molecule is CC(C)(C)OC(=O)c1nc(Br)c(N)nc1Br. The molecular formula is C9H11Br2N3O2. The van der Waals surface area contributed by atoms with Gasteiger partial charge in [0.25, 0.3) is 0 Å². The van der Waals surface area contributed by atoms with Crippen LogP contribution in [0.15, 0.2) is 9.21 Å². The minimum Gasteiger partial charge on any atom is -0.455 e. The van der Waals surface area contributed by atoms with Crippen LogP contribution in [0.4, 0.5) is 5.82 Å². The number of rotatable bonds is 1. The number of carbonyl (C=O) groups excluding carboxylic acids is 1. The number of hydrogen-bond donors (Lipinski definition) is 1. The van der Waals surface area contributed by atoms with E-state index in [1.165, 1.54) is 0 Å². The lowest BCUT2D eigenvalue weighted by atomic mass is 10.2. The van der Waals surface area contributed by atoms with Gasteiger partial charge in [-0.2, -0.15) is 0 Å². The largest absolute Gasteiger partial charge is 0.455 e. The molecule has 0 spiro atoms. The maximum absolute atomic E-state index is 11.7. The maximum Gasteiger partial charge on any atom is 0.360 e. The molecule has 0 saturated carbocycles. The number of nitrogen functional groups attached to an aromatic ring is 1. The van der Waals surface area contributed by atoms with Gasteiger partial charge in [0.2, 0.25) is 0 Å². The zero-order valence-corrected chi connectivity index (χ0v) is 12.2. The highest BCUT2D eigenvalue weighted by molar-refractivity contribution is 9.11. The topological polar surface area (TPSA) is 78.1 Å². The van der Waals surface area contributed by atoms with Crippen LogP contribution in [0.25, 0.3) is 0 Å². The average Bonchev–Trinajstić information content (AvgIpc) is 2.08. The molecule has 0 aliphatic carbocycles. The molecule has 1 aromatic rings. The molecule has 88 valence electrons. The van der Waals surface area contributed by atoms with E-state index in [-0.39, 0.29) is 16.1 Å². The zero-order valence-electron chi connectivity index (χ0n) is 9.04. The quantitative estimate of drug-likeness (QED) is 0.786. The van der Waals surface area contributed by atoms with E-state index in [0.29, 0.717) is 4.60 Å². The number of esters is 1. The molecule has 1 aromatic heterocycles. The van der Waals surface area contributed by atoms with Crippen LogP contribution in [-0.4, -0.2) is 21.5 Å². The van der Waals surface area contributed by atoms with Crippen molar-refractivity contribution in [3.05, 3.63) is 14.9 Å². The van der Waals surface area contributed by atoms with Gasteiger partial charge >= 0.3 is 5.97 Å². The van der Waals surface area contributed by atoms with Gasteiger partial charge in [0, 0.05) is 0 Å². The molecule has 0 aliphatic rings. The Morgan fingerprint density at radius 3 is 2.31 bits per heavy atom. The Kier molecular flexibility index (Phi) is 3.90. The van der Waals surface area contributed by atoms with E-state index >= 15 is 0 Å². The van der Waals surface area contributed by atoms with E-state index in [4.69, 9.17) is 10.5 Å². The van der Waals surface area contributed by atoms with Crippen molar-refractivity contribution in [3.8, 4) is 0 Å². The van der Waals surface area contributed by atoms with Gasteiger partial charge in [0.15, 0.2) is 11.5 Å². The van der Waals surface area contributed by atoms with Gasteiger partial charge in [-0.15, -0.1) is 0 Å². The van der Waals surface area contributed by atoms with Crippen molar-refractivity contribution in [2.45, 2.75) is 26.4 Å². The first-order chi connectivity index (χ1) is 7.20. The van der Waals surface area contributed by atoms with E-state index in [1.54, 1.807) is 20.8 Å². The molecule has 7 heteroatoms. The second-order valence-corrected chi connectivity index (χ2v) is 5.54. The highest BCUT2D eigenvalue weighted by Gasteiger charge is 2.22. The first kappa shape index (κ1) is 13.4. The molecule has 1 rings (SSSR count). The summed E-state index contributed by atoms with van der Waals surface area (Å²) in [4.78, 5) is 19.6. The fourth-order valence-electron chi connectivity index (χ4n) is 0.863. The van der Waals surface area contributed by atoms with E-state index in [0.717, 1.165) is 0 Å². The van der Waals surface area contributed by atoms with E-state index in [9.17, 15) is 4.79 Å². The van der Waals surface area contributed by atoms with Crippen molar-refractivity contribution in [1.29, 1.82) is 0 Å². The first-order valence-corrected chi connectivity index (χ1v) is 6.01. The Balaban J connectivity index is 3.05. The van der Waals surface area contributed by atoms with Crippen LogP contribution in [0.1, 0.15) is 31.3 Å². The smallest absolute Gasteiger partial charge is 0.360 e. The number of nitrogens with two attached hydrogens (primary N) is 1. The summed E-state index contributed by atoms with van der Waals surface area (Å²) in [6, 6.07) is 0. The fraction of sp³-hybridized carbons (Fsp3) is 0.444. The molecule has 0 aromatic carbocycles. The number of hydrogen-bond acceptors (Lipinski definition) is 5. The summed E-state index contributed by atoms with van der Waals surface area (Å²) in [6.07, 6.45) is 0. The van der Waals surface area contributed by atoms with Crippen LogP contribution in [-0.2, 0) is 4.74 Å². The molecule has 16 heavy (non-hydrogen) atoms. The van der Waals surface area contributed by atoms with Gasteiger partial charge in [-0.25, -0.2) is 14.8 Å². The second-order valence-electron chi connectivity index (χ2n) is 4.04. The molecule has 0 unspecified atom stereocenters. The molecule has 0 bridgehead atoms. The van der Waals surface area contributed by atoms with Crippen LogP contribution in [0.2, 0.25) is 0 Å². The highest BCUT2D eigenvalue weighted by atomic mass is 79.9. The monoisotopic (exact) mass is 351 g/mol. The van der Waals surface area contributed by atoms with Crippen LogP contribution in [0.5, 0.6) is 0 Å². The predicted octanol–water partition coefficient (Wildman–Crippen LogP) is 2.54. The summed E-state index contributed by atoms with van der Waals surface area (Å²) >= 11 is 6.22. The Morgan fingerprint density at radius 2 is 1.81 bits per heavy atom.